The summed E-state index contributed by atoms with van der Waals surface area (Å²) >= 11 is 1.52. The molecule has 5 nitrogen and oxygen atoms in total. The lowest BCUT2D eigenvalue weighted by Gasteiger charge is -2.09. The molecule has 1 amide bonds. The van der Waals surface area contributed by atoms with Crippen molar-refractivity contribution in [3.63, 3.8) is 0 Å². The van der Waals surface area contributed by atoms with E-state index in [1.54, 1.807) is 29.9 Å². The van der Waals surface area contributed by atoms with Crippen molar-refractivity contribution in [1.29, 1.82) is 0 Å². The Labute approximate surface area is 154 Å². The average molecular weight is 361 g/mol. The van der Waals surface area contributed by atoms with Crippen molar-refractivity contribution in [2.24, 2.45) is 0 Å². The summed E-state index contributed by atoms with van der Waals surface area (Å²) in [7, 11) is 0. The number of benzene rings is 2. The van der Waals surface area contributed by atoms with Crippen LogP contribution in [0.1, 0.15) is 16.1 Å². The van der Waals surface area contributed by atoms with E-state index in [0.717, 1.165) is 16.6 Å². The molecule has 0 radical (unpaired) electrons. The molecule has 0 unspecified atom stereocenters. The van der Waals surface area contributed by atoms with Crippen LogP contribution >= 0.6 is 11.3 Å². The van der Waals surface area contributed by atoms with Gasteiger partial charge < -0.3 is 10.1 Å². The minimum Gasteiger partial charge on any atom is -0.487 e. The number of carbonyl (C=O) groups is 1. The average Bonchev–Trinajstić information content (AvgIpc) is 3.20. The Hall–Kier alpha value is -3.25. The first kappa shape index (κ1) is 16.2. The number of nitrogens with one attached hydrogen (secondary N) is 1. The maximum absolute atomic E-state index is 12.6. The van der Waals surface area contributed by atoms with Crippen molar-refractivity contribution in [3.8, 4) is 5.75 Å². The highest BCUT2D eigenvalue weighted by Gasteiger charge is 2.10. The third-order valence-corrected chi connectivity index (χ3v) is 4.48. The molecule has 0 atom stereocenters. The van der Waals surface area contributed by atoms with E-state index in [2.05, 4.69) is 15.3 Å². The second-order valence-corrected chi connectivity index (χ2v) is 6.35. The van der Waals surface area contributed by atoms with Crippen molar-refractivity contribution in [1.82, 2.24) is 9.97 Å². The number of rotatable bonds is 5. The number of thiazole rings is 1. The molecule has 4 rings (SSSR count). The molecule has 0 aliphatic rings. The molecule has 2 aromatic carbocycles. The van der Waals surface area contributed by atoms with Crippen LogP contribution in [-0.2, 0) is 6.61 Å². The van der Waals surface area contributed by atoms with E-state index in [-0.39, 0.29) is 5.91 Å². The van der Waals surface area contributed by atoms with Crippen LogP contribution in [0.3, 0.4) is 0 Å². The van der Waals surface area contributed by atoms with Gasteiger partial charge in [-0.05, 0) is 30.3 Å². The van der Waals surface area contributed by atoms with Crippen molar-refractivity contribution in [3.05, 3.63) is 82.9 Å². The number of pyridine rings is 1. The van der Waals surface area contributed by atoms with Crippen molar-refractivity contribution in [2.45, 2.75) is 6.61 Å². The minimum atomic E-state index is -0.206. The van der Waals surface area contributed by atoms with Gasteiger partial charge in [-0.1, -0.05) is 24.3 Å². The Morgan fingerprint density at radius 2 is 1.96 bits per heavy atom. The molecule has 128 valence electrons. The number of anilines is 1. The fourth-order valence-electron chi connectivity index (χ4n) is 2.59. The lowest BCUT2D eigenvalue weighted by atomic mass is 10.1. The van der Waals surface area contributed by atoms with Crippen LogP contribution < -0.4 is 10.1 Å². The fraction of sp³-hybridized carbons (Fsp3) is 0.0500. The van der Waals surface area contributed by atoms with Crippen LogP contribution in [0.15, 0.2) is 71.7 Å². The lowest BCUT2D eigenvalue weighted by molar-refractivity contribution is 0.102. The molecule has 4 aromatic rings. The third-order valence-electron chi connectivity index (χ3n) is 3.85. The summed E-state index contributed by atoms with van der Waals surface area (Å²) in [5.74, 6) is 0.420. The summed E-state index contributed by atoms with van der Waals surface area (Å²) in [6.45, 7) is 0.377. The summed E-state index contributed by atoms with van der Waals surface area (Å²) in [5, 5.41) is 5.84. The molecule has 0 bridgehead atoms. The topological polar surface area (TPSA) is 64.1 Å². The number of para-hydroxylation sites is 1. The van der Waals surface area contributed by atoms with E-state index >= 15 is 0 Å². The first-order chi connectivity index (χ1) is 12.8. The van der Waals surface area contributed by atoms with Gasteiger partial charge in [0.05, 0.1) is 22.4 Å². The zero-order chi connectivity index (χ0) is 17.8. The number of amides is 1. The lowest BCUT2D eigenvalue weighted by Crippen LogP contribution is -2.12. The van der Waals surface area contributed by atoms with Crippen molar-refractivity contribution in [2.75, 3.05) is 5.32 Å². The standard InChI is InChI=1S/C20H15N3O2S/c24-20(23-18-8-2-4-14-6-3-9-21-19(14)18)15-5-1-7-17(10-15)25-11-16-12-26-13-22-16/h1-10,12-13H,11H2,(H,23,24). The Morgan fingerprint density at radius 3 is 2.85 bits per heavy atom. The van der Waals surface area contributed by atoms with Gasteiger partial charge in [-0.15, -0.1) is 11.3 Å². The van der Waals surface area contributed by atoms with Gasteiger partial charge in [0.25, 0.3) is 5.91 Å². The normalized spacial score (nSPS) is 10.6. The first-order valence-corrected chi connectivity index (χ1v) is 8.99. The van der Waals surface area contributed by atoms with Crippen LogP contribution in [0.5, 0.6) is 5.75 Å². The first-order valence-electron chi connectivity index (χ1n) is 8.04. The quantitative estimate of drug-likeness (QED) is 0.567. The number of fused-ring (bicyclic) bond motifs is 1. The summed E-state index contributed by atoms with van der Waals surface area (Å²) < 4.78 is 5.71. The number of carbonyl (C=O) groups excluding carboxylic acids is 1. The predicted molar refractivity (Wildman–Crippen MR) is 103 cm³/mol. The molecule has 2 heterocycles. The molecule has 6 heteroatoms. The zero-order valence-electron chi connectivity index (χ0n) is 13.8. The Kier molecular flexibility index (Phi) is 4.57. The van der Waals surface area contributed by atoms with Gasteiger partial charge in [-0.25, -0.2) is 4.98 Å². The third kappa shape index (κ3) is 3.55. The molecule has 0 aliphatic carbocycles. The highest BCUT2D eigenvalue weighted by molar-refractivity contribution is 7.07. The van der Waals surface area contributed by atoms with Gasteiger partial charge in [0, 0.05) is 22.5 Å². The molecule has 26 heavy (non-hydrogen) atoms. The predicted octanol–water partition coefficient (Wildman–Crippen LogP) is 4.52. The molecular formula is C20H15N3O2S. The summed E-state index contributed by atoms with van der Waals surface area (Å²) in [5.41, 5.74) is 4.60. The molecule has 0 saturated carbocycles. The Balaban J connectivity index is 1.51. The van der Waals surface area contributed by atoms with E-state index in [1.807, 2.05) is 41.8 Å². The molecule has 0 saturated heterocycles. The summed E-state index contributed by atoms with van der Waals surface area (Å²) in [6, 6.07) is 16.6. The molecule has 0 spiro atoms. The monoisotopic (exact) mass is 361 g/mol. The smallest absolute Gasteiger partial charge is 0.255 e. The zero-order valence-corrected chi connectivity index (χ0v) is 14.6. The van der Waals surface area contributed by atoms with Gasteiger partial charge in [0.1, 0.15) is 12.4 Å². The van der Waals surface area contributed by atoms with Gasteiger partial charge in [-0.2, -0.15) is 0 Å². The van der Waals surface area contributed by atoms with Crippen LogP contribution in [0.2, 0.25) is 0 Å². The van der Waals surface area contributed by atoms with Gasteiger partial charge in [-0.3, -0.25) is 9.78 Å². The number of hydrogen-bond acceptors (Lipinski definition) is 5. The van der Waals surface area contributed by atoms with Gasteiger partial charge >= 0.3 is 0 Å². The minimum absolute atomic E-state index is 0.206. The van der Waals surface area contributed by atoms with E-state index in [0.29, 0.717) is 23.6 Å². The number of aromatic nitrogens is 2. The molecule has 0 aliphatic heterocycles. The van der Waals surface area contributed by atoms with Gasteiger partial charge in [0.2, 0.25) is 0 Å². The SMILES string of the molecule is O=C(Nc1cccc2cccnc12)c1cccc(OCc2cscn2)c1. The molecule has 0 fully saturated rings. The van der Waals surface area contributed by atoms with E-state index in [9.17, 15) is 4.79 Å². The van der Waals surface area contributed by atoms with Crippen molar-refractivity contribution >= 4 is 33.8 Å². The Bertz CT molecular complexity index is 1040. The van der Waals surface area contributed by atoms with Crippen molar-refractivity contribution < 1.29 is 9.53 Å². The van der Waals surface area contributed by atoms with Crippen LogP contribution in [0, 0.1) is 0 Å². The molecule has 2 aromatic heterocycles. The highest BCUT2D eigenvalue weighted by Crippen LogP contribution is 2.22. The molecular weight excluding hydrogens is 346 g/mol. The van der Waals surface area contributed by atoms with Crippen LogP contribution in [0.25, 0.3) is 10.9 Å². The maximum Gasteiger partial charge on any atom is 0.255 e. The number of nitrogens with zero attached hydrogens (tertiary/aromatic N) is 2. The second-order valence-electron chi connectivity index (χ2n) is 5.63. The van der Waals surface area contributed by atoms with E-state index < -0.39 is 0 Å². The Morgan fingerprint density at radius 1 is 1.08 bits per heavy atom. The highest BCUT2D eigenvalue weighted by atomic mass is 32.1. The van der Waals surface area contributed by atoms with Gasteiger partial charge in [0.15, 0.2) is 0 Å². The van der Waals surface area contributed by atoms with Crippen LogP contribution in [-0.4, -0.2) is 15.9 Å². The summed E-state index contributed by atoms with van der Waals surface area (Å²) in [4.78, 5) is 21.2. The van der Waals surface area contributed by atoms with Crippen LogP contribution in [0.4, 0.5) is 5.69 Å². The van der Waals surface area contributed by atoms with E-state index in [1.165, 1.54) is 11.3 Å². The fourth-order valence-corrected chi connectivity index (χ4v) is 3.14. The number of hydrogen-bond donors (Lipinski definition) is 1. The summed E-state index contributed by atoms with van der Waals surface area (Å²) in [6.07, 6.45) is 1.71. The maximum atomic E-state index is 12.6. The van der Waals surface area contributed by atoms with E-state index in [4.69, 9.17) is 4.74 Å². The second kappa shape index (κ2) is 7.33. The molecule has 1 N–H and O–H groups in total. The largest absolute Gasteiger partial charge is 0.487 e. The number of ether oxygens (including phenoxy) is 1.